The minimum absolute atomic E-state index is 0.258. The van der Waals surface area contributed by atoms with Crippen molar-refractivity contribution in [2.75, 3.05) is 19.7 Å². The highest BCUT2D eigenvalue weighted by atomic mass is 16.5. The Kier molecular flexibility index (Phi) is 16.1. The van der Waals surface area contributed by atoms with Crippen LogP contribution in [0, 0.1) is 0 Å². The summed E-state index contributed by atoms with van der Waals surface area (Å²) in [6, 6.07) is 0. The van der Waals surface area contributed by atoms with Crippen LogP contribution in [0.4, 0.5) is 0 Å². The molecule has 0 aromatic carbocycles. The fourth-order valence-corrected chi connectivity index (χ4v) is 3.84. The number of hydrogen-bond acceptors (Lipinski definition) is 3. The first-order valence-electron chi connectivity index (χ1n) is 11.8. The van der Waals surface area contributed by atoms with E-state index < -0.39 is 0 Å². The Morgan fingerprint density at radius 1 is 0.769 bits per heavy atom. The number of hydrogen-bond donors (Lipinski definition) is 0. The van der Waals surface area contributed by atoms with E-state index in [1.807, 2.05) is 6.34 Å². The lowest BCUT2D eigenvalue weighted by atomic mass is 10.0. The zero-order chi connectivity index (χ0) is 18.7. The molecule has 0 saturated carbocycles. The van der Waals surface area contributed by atoms with Gasteiger partial charge in [0.25, 0.3) is 0 Å². The predicted molar refractivity (Wildman–Crippen MR) is 115 cm³/mol. The molecule has 0 aliphatic carbocycles. The van der Waals surface area contributed by atoms with Gasteiger partial charge in [0.15, 0.2) is 0 Å². The SMILES string of the molecule is CCCCCCCCCCCCCCCCCC(OCC)N1C=NCC1. The van der Waals surface area contributed by atoms with Crippen molar-refractivity contribution in [2.45, 2.75) is 123 Å². The van der Waals surface area contributed by atoms with Crippen LogP contribution in [-0.2, 0) is 4.74 Å². The van der Waals surface area contributed by atoms with Gasteiger partial charge in [-0.3, -0.25) is 4.99 Å². The van der Waals surface area contributed by atoms with E-state index in [9.17, 15) is 0 Å². The summed E-state index contributed by atoms with van der Waals surface area (Å²) in [6.07, 6.45) is 24.7. The Morgan fingerprint density at radius 2 is 1.27 bits per heavy atom. The molecule has 0 spiro atoms. The van der Waals surface area contributed by atoms with Crippen LogP contribution in [-0.4, -0.2) is 37.2 Å². The van der Waals surface area contributed by atoms with Crippen molar-refractivity contribution < 1.29 is 4.74 Å². The van der Waals surface area contributed by atoms with Crippen molar-refractivity contribution in [2.24, 2.45) is 4.99 Å². The molecule has 154 valence electrons. The highest BCUT2D eigenvalue weighted by molar-refractivity contribution is 5.57. The molecule has 1 atom stereocenters. The first-order valence-corrected chi connectivity index (χ1v) is 11.8. The first-order chi connectivity index (χ1) is 12.9. The number of ether oxygens (including phenoxy) is 1. The summed E-state index contributed by atoms with van der Waals surface area (Å²) >= 11 is 0. The highest BCUT2D eigenvalue weighted by Crippen LogP contribution is 2.16. The number of unbranched alkanes of at least 4 members (excludes halogenated alkanes) is 14. The van der Waals surface area contributed by atoms with Crippen molar-refractivity contribution in [1.82, 2.24) is 4.90 Å². The second-order valence-corrected chi connectivity index (χ2v) is 7.91. The minimum atomic E-state index is 0.258. The summed E-state index contributed by atoms with van der Waals surface area (Å²) in [5, 5.41) is 0. The first kappa shape index (κ1) is 23.5. The molecule has 0 aromatic rings. The second kappa shape index (κ2) is 17.8. The lowest BCUT2D eigenvalue weighted by molar-refractivity contribution is -0.0202. The molecule has 0 fully saturated rings. The van der Waals surface area contributed by atoms with Gasteiger partial charge in [-0.25, -0.2) is 0 Å². The number of rotatable bonds is 19. The van der Waals surface area contributed by atoms with E-state index in [0.717, 1.165) is 26.1 Å². The zero-order valence-corrected chi connectivity index (χ0v) is 17.9. The van der Waals surface area contributed by atoms with E-state index in [1.165, 1.54) is 96.3 Å². The van der Waals surface area contributed by atoms with E-state index in [0.29, 0.717) is 0 Å². The molecular weight excluding hydrogens is 320 g/mol. The third kappa shape index (κ3) is 12.7. The van der Waals surface area contributed by atoms with Gasteiger partial charge in [-0.15, -0.1) is 0 Å². The van der Waals surface area contributed by atoms with E-state index in [2.05, 4.69) is 23.7 Å². The number of aliphatic imine (C=N–C) groups is 1. The van der Waals surface area contributed by atoms with Crippen molar-refractivity contribution in [3.8, 4) is 0 Å². The monoisotopic (exact) mass is 366 g/mol. The lowest BCUT2D eigenvalue weighted by Crippen LogP contribution is -2.35. The summed E-state index contributed by atoms with van der Waals surface area (Å²) in [5.41, 5.74) is 0. The van der Waals surface area contributed by atoms with Crippen LogP contribution in [0.15, 0.2) is 4.99 Å². The van der Waals surface area contributed by atoms with E-state index in [-0.39, 0.29) is 6.23 Å². The van der Waals surface area contributed by atoms with E-state index in [4.69, 9.17) is 4.74 Å². The molecule has 0 N–H and O–H groups in total. The topological polar surface area (TPSA) is 24.8 Å². The average Bonchev–Trinajstić information content (AvgIpc) is 3.18. The Morgan fingerprint density at radius 3 is 1.69 bits per heavy atom. The van der Waals surface area contributed by atoms with Crippen molar-refractivity contribution in [3.63, 3.8) is 0 Å². The molecule has 1 aliphatic heterocycles. The lowest BCUT2D eigenvalue weighted by Gasteiger charge is -2.26. The summed E-state index contributed by atoms with van der Waals surface area (Å²) in [5.74, 6) is 0. The zero-order valence-electron chi connectivity index (χ0n) is 17.9. The molecule has 0 bridgehead atoms. The minimum Gasteiger partial charge on any atom is -0.359 e. The molecule has 0 saturated heterocycles. The molecule has 0 amide bonds. The van der Waals surface area contributed by atoms with Crippen LogP contribution in [0.5, 0.6) is 0 Å². The van der Waals surface area contributed by atoms with Gasteiger partial charge in [0.1, 0.15) is 6.23 Å². The Labute approximate surface area is 164 Å². The van der Waals surface area contributed by atoms with Crippen LogP contribution >= 0.6 is 0 Å². The predicted octanol–water partition coefficient (Wildman–Crippen LogP) is 6.95. The quantitative estimate of drug-likeness (QED) is 0.231. The molecule has 26 heavy (non-hydrogen) atoms. The van der Waals surface area contributed by atoms with Gasteiger partial charge in [0, 0.05) is 13.2 Å². The largest absolute Gasteiger partial charge is 0.359 e. The summed E-state index contributed by atoms with van der Waals surface area (Å²) < 4.78 is 5.88. The summed E-state index contributed by atoms with van der Waals surface area (Å²) in [6.45, 7) is 7.15. The third-order valence-corrected chi connectivity index (χ3v) is 5.50. The highest BCUT2D eigenvalue weighted by Gasteiger charge is 2.17. The fourth-order valence-electron chi connectivity index (χ4n) is 3.84. The van der Waals surface area contributed by atoms with Gasteiger partial charge in [0.05, 0.1) is 12.9 Å². The standard InChI is InChI=1S/C23H46N2O/c1-3-5-6-7-8-9-10-11-12-13-14-15-16-17-18-19-23(26-4-2)25-21-20-24-22-25/h22-23H,3-21H2,1-2H3. The fraction of sp³-hybridized carbons (Fsp3) is 0.957. The Hall–Kier alpha value is -0.570. The van der Waals surface area contributed by atoms with Crippen LogP contribution < -0.4 is 0 Å². The van der Waals surface area contributed by atoms with Crippen LogP contribution in [0.25, 0.3) is 0 Å². The average molecular weight is 367 g/mol. The van der Waals surface area contributed by atoms with Gasteiger partial charge in [-0.2, -0.15) is 0 Å². The second-order valence-electron chi connectivity index (χ2n) is 7.91. The van der Waals surface area contributed by atoms with Crippen LogP contribution in [0.1, 0.15) is 117 Å². The molecule has 1 rings (SSSR count). The smallest absolute Gasteiger partial charge is 0.130 e. The Balaban J connectivity index is 1.80. The van der Waals surface area contributed by atoms with Gasteiger partial charge >= 0.3 is 0 Å². The molecule has 3 heteroatoms. The molecule has 1 heterocycles. The maximum atomic E-state index is 5.88. The molecule has 3 nitrogen and oxygen atoms in total. The van der Waals surface area contributed by atoms with Gasteiger partial charge < -0.3 is 9.64 Å². The Bertz CT molecular complexity index is 319. The summed E-state index contributed by atoms with van der Waals surface area (Å²) in [4.78, 5) is 6.58. The maximum absolute atomic E-state index is 5.88. The maximum Gasteiger partial charge on any atom is 0.130 e. The third-order valence-electron chi connectivity index (χ3n) is 5.50. The van der Waals surface area contributed by atoms with Crippen LogP contribution in [0.2, 0.25) is 0 Å². The van der Waals surface area contributed by atoms with Gasteiger partial charge in [0.2, 0.25) is 0 Å². The molecule has 1 aliphatic rings. The van der Waals surface area contributed by atoms with Crippen LogP contribution in [0.3, 0.4) is 0 Å². The van der Waals surface area contributed by atoms with E-state index in [1.54, 1.807) is 0 Å². The normalized spacial score (nSPS) is 15.1. The van der Waals surface area contributed by atoms with Crippen molar-refractivity contribution in [3.05, 3.63) is 0 Å². The molecule has 0 aromatic heterocycles. The van der Waals surface area contributed by atoms with Gasteiger partial charge in [-0.05, 0) is 19.8 Å². The van der Waals surface area contributed by atoms with Crippen molar-refractivity contribution in [1.29, 1.82) is 0 Å². The number of nitrogens with zero attached hydrogens (tertiary/aromatic N) is 2. The molecule has 1 unspecified atom stereocenters. The van der Waals surface area contributed by atoms with Gasteiger partial charge in [-0.1, -0.05) is 96.8 Å². The van der Waals surface area contributed by atoms with Crippen molar-refractivity contribution >= 4 is 6.34 Å². The molecular formula is C23H46N2O. The molecule has 0 radical (unpaired) electrons. The van der Waals surface area contributed by atoms with E-state index >= 15 is 0 Å². The summed E-state index contributed by atoms with van der Waals surface area (Å²) in [7, 11) is 0.